The highest BCUT2D eigenvalue weighted by Crippen LogP contribution is 2.22. The predicted octanol–water partition coefficient (Wildman–Crippen LogP) is 1.85. The highest BCUT2D eigenvalue weighted by Gasteiger charge is 2.17. The summed E-state index contributed by atoms with van der Waals surface area (Å²) in [5, 5.41) is 3.14. The molecule has 21 heavy (non-hydrogen) atoms. The number of likely N-dealkylation sites (tertiary alicyclic amines) is 1. The SMILES string of the molecule is O=C(COc1ccccc1Cl)NCCC(=O)N1CCCC1. The molecule has 1 heterocycles. The second-order valence-corrected chi connectivity index (χ2v) is 5.31. The molecule has 1 aromatic rings. The number of rotatable bonds is 6. The Bertz CT molecular complexity index is 501. The highest BCUT2D eigenvalue weighted by atomic mass is 35.5. The van der Waals surface area contributed by atoms with Crippen LogP contribution in [0.5, 0.6) is 5.75 Å². The average Bonchev–Trinajstić information content (AvgIpc) is 3.00. The summed E-state index contributed by atoms with van der Waals surface area (Å²) in [4.78, 5) is 25.2. The zero-order valence-electron chi connectivity index (χ0n) is 11.8. The number of hydrogen-bond donors (Lipinski definition) is 1. The van der Waals surface area contributed by atoms with E-state index < -0.39 is 0 Å². The number of carbonyl (C=O) groups excluding carboxylic acids is 2. The molecule has 1 saturated heterocycles. The van der Waals surface area contributed by atoms with E-state index in [4.69, 9.17) is 16.3 Å². The van der Waals surface area contributed by atoms with E-state index in [0.29, 0.717) is 23.7 Å². The molecule has 1 N–H and O–H groups in total. The number of amides is 2. The summed E-state index contributed by atoms with van der Waals surface area (Å²) in [6.07, 6.45) is 2.48. The molecule has 0 radical (unpaired) electrons. The summed E-state index contributed by atoms with van der Waals surface area (Å²) in [5.41, 5.74) is 0. The fourth-order valence-electron chi connectivity index (χ4n) is 2.19. The third kappa shape index (κ3) is 4.93. The van der Waals surface area contributed by atoms with Crippen LogP contribution in [0.15, 0.2) is 24.3 Å². The lowest BCUT2D eigenvalue weighted by molar-refractivity contribution is -0.130. The van der Waals surface area contributed by atoms with Crippen LogP contribution in [0.2, 0.25) is 5.02 Å². The molecule has 1 aliphatic heterocycles. The first-order valence-corrected chi connectivity index (χ1v) is 7.46. The molecule has 0 saturated carbocycles. The second kappa shape index (κ2) is 7.88. The molecule has 0 bridgehead atoms. The van der Waals surface area contributed by atoms with Gasteiger partial charge in [-0.2, -0.15) is 0 Å². The lowest BCUT2D eigenvalue weighted by Crippen LogP contribution is -2.34. The van der Waals surface area contributed by atoms with Crippen LogP contribution in [0.3, 0.4) is 0 Å². The fraction of sp³-hybridized carbons (Fsp3) is 0.467. The van der Waals surface area contributed by atoms with E-state index >= 15 is 0 Å². The molecule has 114 valence electrons. The van der Waals surface area contributed by atoms with E-state index in [0.717, 1.165) is 25.9 Å². The summed E-state index contributed by atoms with van der Waals surface area (Å²) in [5.74, 6) is 0.312. The van der Waals surface area contributed by atoms with Crippen molar-refractivity contribution in [2.75, 3.05) is 26.2 Å². The van der Waals surface area contributed by atoms with Crippen LogP contribution in [-0.2, 0) is 9.59 Å². The van der Waals surface area contributed by atoms with Gasteiger partial charge in [0.05, 0.1) is 5.02 Å². The number of nitrogens with one attached hydrogen (secondary N) is 1. The van der Waals surface area contributed by atoms with Crippen LogP contribution >= 0.6 is 11.6 Å². The smallest absolute Gasteiger partial charge is 0.257 e. The molecule has 1 fully saturated rings. The quantitative estimate of drug-likeness (QED) is 0.872. The van der Waals surface area contributed by atoms with E-state index in [-0.39, 0.29) is 18.4 Å². The number of benzene rings is 1. The van der Waals surface area contributed by atoms with E-state index in [1.165, 1.54) is 0 Å². The molecule has 2 rings (SSSR count). The van der Waals surface area contributed by atoms with Gasteiger partial charge in [-0.3, -0.25) is 9.59 Å². The monoisotopic (exact) mass is 310 g/mol. The summed E-state index contributed by atoms with van der Waals surface area (Å²) >= 11 is 5.92. The van der Waals surface area contributed by atoms with Gasteiger partial charge in [0.25, 0.3) is 5.91 Å². The van der Waals surface area contributed by atoms with Crippen molar-refractivity contribution >= 4 is 23.4 Å². The van der Waals surface area contributed by atoms with Gasteiger partial charge in [-0.15, -0.1) is 0 Å². The molecular weight excluding hydrogens is 292 g/mol. The van der Waals surface area contributed by atoms with Gasteiger partial charge in [-0.1, -0.05) is 23.7 Å². The Morgan fingerprint density at radius 1 is 1.24 bits per heavy atom. The topological polar surface area (TPSA) is 58.6 Å². The van der Waals surface area contributed by atoms with Gasteiger partial charge in [-0.25, -0.2) is 0 Å². The summed E-state index contributed by atoms with van der Waals surface area (Å²) in [7, 11) is 0. The maximum absolute atomic E-state index is 11.8. The summed E-state index contributed by atoms with van der Waals surface area (Å²) < 4.78 is 5.32. The van der Waals surface area contributed by atoms with Crippen molar-refractivity contribution in [3.8, 4) is 5.75 Å². The van der Waals surface area contributed by atoms with Crippen molar-refractivity contribution in [1.29, 1.82) is 0 Å². The zero-order chi connectivity index (χ0) is 15.1. The summed E-state index contributed by atoms with van der Waals surface area (Å²) in [6.45, 7) is 1.90. The van der Waals surface area contributed by atoms with Crippen molar-refractivity contribution < 1.29 is 14.3 Å². The Balaban J connectivity index is 1.63. The van der Waals surface area contributed by atoms with Crippen LogP contribution < -0.4 is 10.1 Å². The fourth-order valence-corrected chi connectivity index (χ4v) is 2.38. The van der Waals surface area contributed by atoms with Crippen LogP contribution in [0.25, 0.3) is 0 Å². The van der Waals surface area contributed by atoms with E-state index in [1.807, 2.05) is 4.90 Å². The minimum absolute atomic E-state index is 0.0971. The molecule has 0 unspecified atom stereocenters. The van der Waals surface area contributed by atoms with Crippen molar-refractivity contribution in [2.45, 2.75) is 19.3 Å². The number of para-hydroxylation sites is 1. The van der Waals surface area contributed by atoms with E-state index in [9.17, 15) is 9.59 Å². The van der Waals surface area contributed by atoms with E-state index in [1.54, 1.807) is 24.3 Å². The van der Waals surface area contributed by atoms with Crippen LogP contribution in [0.4, 0.5) is 0 Å². The van der Waals surface area contributed by atoms with Crippen molar-refractivity contribution in [1.82, 2.24) is 10.2 Å². The molecule has 0 aliphatic carbocycles. The molecule has 0 spiro atoms. The summed E-state index contributed by atoms with van der Waals surface area (Å²) in [6, 6.07) is 6.98. The first kappa shape index (κ1) is 15.6. The first-order valence-electron chi connectivity index (χ1n) is 7.08. The van der Waals surface area contributed by atoms with Crippen molar-refractivity contribution in [2.24, 2.45) is 0 Å². The number of ether oxygens (including phenoxy) is 1. The Morgan fingerprint density at radius 3 is 2.67 bits per heavy atom. The number of nitrogens with zero attached hydrogens (tertiary/aromatic N) is 1. The maximum Gasteiger partial charge on any atom is 0.257 e. The van der Waals surface area contributed by atoms with Gasteiger partial charge in [-0.05, 0) is 25.0 Å². The lowest BCUT2D eigenvalue weighted by atomic mass is 10.3. The standard InChI is InChI=1S/C15H19ClN2O3/c16-12-5-1-2-6-13(12)21-11-14(19)17-8-7-15(20)18-9-3-4-10-18/h1-2,5-6H,3-4,7-11H2,(H,17,19). The van der Waals surface area contributed by atoms with Crippen LogP contribution in [0.1, 0.15) is 19.3 Å². The molecule has 0 aromatic heterocycles. The number of hydrogen-bond acceptors (Lipinski definition) is 3. The lowest BCUT2D eigenvalue weighted by Gasteiger charge is -2.15. The third-order valence-corrected chi connectivity index (χ3v) is 3.63. The minimum Gasteiger partial charge on any atom is -0.482 e. The van der Waals surface area contributed by atoms with Gasteiger partial charge in [0.1, 0.15) is 5.75 Å². The van der Waals surface area contributed by atoms with Gasteiger partial charge >= 0.3 is 0 Å². The average molecular weight is 311 g/mol. The maximum atomic E-state index is 11.8. The Kier molecular flexibility index (Phi) is 5.87. The van der Waals surface area contributed by atoms with Crippen molar-refractivity contribution in [3.63, 3.8) is 0 Å². The molecule has 6 heteroatoms. The Hall–Kier alpha value is -1.75. The van der Waals surface area contributed by atoms with Gasteiger partial charge in [0.2, 0.25) is 5.91 Å². The molecule has 1 aliphatic rings. The van der Waals surface area contributed by atoms with Crippen LogP contribution in [-0.4, -0.2) is 43.0 Å². The molecule has 2 amide bonds. The highest BCUT2D eigenvalue weighted by molar-refractivity contribution is 6.32. The van der Waals surface area contributed by atoms with Gasteiger partial charge in [0, 0.05) is 26.1 Å². The normalized spacial score (nSPS) is 14.0. The molecule has 5 nitrogen and oxygen atoms in total. The van der Waals surface area contributed by atoms with Crippen LogP contribution in [0, 0.1) is 0 Å². The van der Waals surface area contributed by atoms with Crippen molar-refractivity contribution in [3.05, 3.63) is 29.3 Å². The number of carbonyl (C=O) groups is 2. The largest absolute Gasteiger partial charge is 0.482 e. The molecular formula is C15H19ClN2O3. The second-order valence-electron chi connectivity index (χ2n) is 4.91. The minimum atomic E-state index is -0.260. The third-order valence-electron chi connectivity index (χ3n) is 3.32. The van der Waals surface area contributed by atoms with Gasteiger partial charge in [0.15, 0.2) is 6.61 Å². The molecule has 1 aromatic carbocycles. The first-order chi connectivity index (χ1) is 10.2. The zero-order valence-corrected chi connectivity index (χ0v) is 12.6. The van der Waals surface area contributed by atoms with E-state index in [2.05, 4.69) is 5.32 Å². The Morgan fingerprint density at radius 2 is 1.95 bits per heavy atom. The van der Waals surface area contributed by atoms with Gasteiger partial charge < -0.3 is 15.0 Å². The predicted molar refractivity (Wildman–Crippen MR) is 80.4 cm³/mol. The molecule has 0 atom stereocenters. The Labute approximate surface area is 129 Å². The number of halogens is 1.